The van der Waals surface area contributed by atoms with E-state index < -0.39 is 0 Å². The number of benzene rings is 2. The third-order valence-corrected chi connectivity index (χ3v) is 4.29. The summed E-state index contributed by atoms with van der Waals surface area (Å²) in [6, 6.07) is 17.2. The third-order valence-electron chi connectivity index (χ3n) is 4.29. The minimum Gasteiger partial charge on any atom is -0.489 e. The lowest BCUT2D eigenvalue weighted by Gasteiger charge is -2.38. The fourth-order valence-corrected chi connectivity index (χ4v) is 2.63. The van der Waals surface area contributed by atoms with Gasteiger partial charge in [0, 0.05) is 17.6 Å². The highest BCUT2D eigenvalue weighted by molar-refractivity contribution is 5.94. The van der Waals surface area contributed by atoms with Gasteiger partial charge in [0.2, 0.25) is 0 Å². The first kappa shape index (κ1) is 15.6. The number of nitrogens with two attached hydrogens (primary N) is 1. The van der Waals surface area contributed by atoms with Crippen LogP contribution >= 0.6 is 0 Å². The fraction of sp³-hybridized carbons (Fsp3) is 0.316. The SMILES string of the molecule is NC1(CNC(=O)c2cccc(OCc3ccccc3)c2)CCC1. The first-order valence-electron chi connectivity index (χ1n) is 7.99. The van der Waals surface area contributed by atoms with Gasteiger partial charge in [0.05, 0.1) is 0 Å². The molecule has 1 aliphatic rings. The van der Waals surface area contributed by atoms with Gasteiger partial charge in [0.25, 0.3) is 5.91 Å². The molecule has 0 radical (unpaired) electrons. The standard InChI is InChI=1S/C19H22N2O2/c20-19(10-5-11-19)14-21-18(22)16-8-4-9-17(12-16)23-13-15-6-2-1-3-7-15/h1-4,6-9,12H,5,10-11,13-14,20H2,(H,21,22). The van der Waals surface area contributed by atoms with E-state index >= 15 is 0 Å². The largest absolute Gasteiger partial charge is 0.489 e. The van der Waals surface area contributed by atoms with Crippen molar-refractivity contribution in [3.05, 3.63) is 65.7 Å². The monoisotopic (exact) mass is 310 g/mol. The van der Waals surface area contributed by atoms with E-state index in [-0.39, 0.29) is 11.4 Å². The second kappa shape index (κ2) is 6.84. The lowest BCUT2D eigenvalue weighted by Crippen LogP contribution is -2.54. The topological polar surface area (TPSA) is 64.3 Å². The Kier molecular flexibility index (Phi) is 4.63. The molecule has 1 amide bonds. The maximum absolute atomic E-state index is 12.2. The highest BCUT2D eigenvalue weighted by Crippen LogP contribution is 2.28. The Labute approximate surface area is 136 Å². The van der Waals surface area contributed by atoms with E-state index in [4.69, 9.17) is 10.5 Å². The third kappa shape index (κ3) is 4.11. The molecule has 1 aliphatic carbocycles. The van der Waals surface area contributed by atoms with Crippen molar-refractivity contribution in [1.29, 1.82) is 0 Å². The molecule has 0 saturated heterocycles. The van der Waals surface area contributed by atoms with Gasteiger partial charge < -0.3 is 15.8 Å². The van der Waals surface area contributed by atoms with Gasteiger partial charge in [-0.15, -0.1) is 0 Å². The van der Waals surface area contributed by atoms with Crippen LogP contribution in [0.3, 0.4) is 0 Å². The van der Waals surface area contributed by atoms with Crippen LogP contribution in [0.1, 0.15) is 35.2 Å². The maximum Gasteiger partial charge on any atom is 0.251 e. The van der Waals surface area contributed by atoms with Gasteiger partial charge in [-0.05, 0) is 43.0 Å². The summed E-state index contributed by atoms with van der Waals surface area (Å²) in [5.41, 5.74) is 7.61. The molecular formula is C19H22N2O2. The van der Waals surface area contributed by atoms with E-state index in [0.717, 1.165) is 24.8 Å². The summed E-state index contributed by atoms with van der Waals surface area (Å²) in [7, 11) is 0. The molecule has 0 aromatic heterocycles. The van der Waals surface area contributed by atoms with Crippen LogP contribution in [-0.4, -0.2) is 18.0 Å². The van der Waals surface area contributed by atoms with Gasteiger partial charge in [-0.25, -0.2) is 0 Å². The van der Waals surface area contributed by atoms with E-state index in [1.807, 2.05) is 42.5 Å². The minimum atomic E-state index is -0.211. The zero-order valence-corrected chi connectivity index (χ0v) is 13.1. The van der Waals surface area contributed by atoms with Crippen molar-refractivity contribution in [3.63, 3.8) is 0 Å². The van der Waals surface area contributed by atoms with Crippen LogP contribution in [0.15, 0.2) is 54.6 Å². The van der Waals surface area contributed by atoms with Crippen LogP contribution in [0.25, 0.3) is 0 Å². The molecule has 3 N–H and O–H groups in total. The predicted molar refractivity (Wildman–Crippen MR) is 90.3 cm³/mol. The van der Waals surface area contributed by atoms with Gasteiger partial charge >= 0.3 is 0 Å². The summed E-state index contributed by atoms with van der Waals surface area (Å²) in [5, 5.41) is 2.92. The van der Waals surface area contributed by atoms with E-state index in [1.165, 1.54) is 0 Å². The molecule has 0 aliphatic heterocycles. The Balaban J connectivity index is 1.57. The maximum atomic E-state index is 12.2. The van der Waals surface area contributed by atoms with Gasteiger partial charge in [-0.2, -0.15) is 0 Å². The van der Waals surface area contributed by atoms with Crippen molar-refractivity contribution >= 4 is 5.91 Å². The fourth-order valence-electron chi connectivity index (χ4n) is 2.63. The van der Waals surface area contributed by atoms with Crippen molar-refractivity contribution < 1.29 is 9.53 Å². The number of nitrogens with one attached hydrogen (secondary N) is 1. The zero-order chi connectivity index (χ0) is 16.1. The molecule has 4 heteroatoms. The van der Waals surface area contributed by atoms with Crippen LogP contribution in [0.2, 0.25) is 0 Å². The van der Waals surface area contributed by atoms with Crippen LogP contribution < -0.4 is 15.8 Å². The van der Waals surface area contributed by atoms with Crippen LogP contribution in [-0.2, 0) is 6.61 Å². The molecule has 0 heterocycles. The molecule has 23 heavy (non-hydrogen) atoms. The number of hydrogen-bond acceptors (Lipinski definition) is 3. The number of ether oxygens (including phenoxy) is 1. The van der Waals surface area contributed by atoms with Crippen molar-refractivity contribution in [2.75, 3.05) is 6.54 Å². The molecule has 0 spiro atoms. The normalized spacial score (nSPS) is 15.5. The molecule has 0 unspecified atom stereocenters. The minimum absolute atomic E-state index is 0.105. The highest BCUT2D eigenvalue weighted by Gasteiger charge is 2.32. The summed E-state index contributed by atoms with van der Waals surface area (Å²) >= 11 is 0. The van der Waals surface area contributed by atoms with Gasteiger partial charge in [0.1, 0.15) is 12.4 Å². The van der Waals surface area contributed by atoms with Crippen LogP contribution in [0, 0.1) is 0 Å². The summed E-state index contributed by atoms with van der Waals surface area (Å²) < 4.78 is 5.76. The molecular weight excluding hydrogens is 288 g/mol. The van der Waals surface area contributed by atoms with Crippen LogP contribution in [0.4, 0.5) is 0 Å². The molecule has 3 rings (SSSR count). The van der Waals surface area contributed by atoms with E-state index in [1.54, 1.807) is 12.1 Å². The lowest BCUT2D eigenvalue weighted by molar-refractivity contribution is 0.0929. The van der Waals surface area contributed by atoms with Crippen molar-refractivity contribution in [2.45, 2.75) is 31.4 Å². The van der Waals surface area contributed by atoms with Crippen molar-refractivity contribution in [1.82, 2.24) is 5.32 Å². The molecule has 4 nitrogen and oxygen atoms in total. The molecule has 120 valence electrons. The van der Waals surface area contributed by atoms with E-state index in [9.17, 15) is 4.79 Å². The number of hydrogen-bond donors (Lipinski definition) is 2. The van der Waals surface area contributed by atoms with E-state index in [2.05, 4.69) is 5.32 Å². The summed E-state index contributed by atoms with van der Waals surface area (Å²) in [6.45, 7) is 1.01. The number of rotatable bonds is 6. The van der Waals surface area contributed by atoms with E-state index in [0.29, 0.717) is 24.5 Å². The second-order valence-corrected chi connectivity index (χ2v) is 6.20. The quantitative estimate of drug-likeness (QED) is 0.862. The highest BCUT2D eigenvalue weighted by atomic mass is 16.5. The Morgan fingerprint density at radius 2 is 1.91 bits per heavy atom. The first-order valence-corrected chi connectivity index (χ1v) is 7.99. The first-order chi connectivity index (χ1) is 11.1. The molecule has 2 aromatic carbocycles. The summed E-state index contributed by atoms with van der Waals surface area (Å²) in [6.07, 6.45) is 3.11. The molecule has 1 saturated carbocycles. The smallest absolute Gasteiger partial charge is 0.251 e. The summed E-state index contributed by atoms with van der Waals surface area (Å²) in [5.74, 6) is 0.583. The Bertz CT molecular complexity index is 666. The zero-order valence-electron chi connectivity index (χ0n) is 13.1. The molecule has 1 fully saturated rings. The molecule has 2 aromatic rings. The lowest BCUT2D eigenvalue weighted by atomic mass is 9.78. The van der Waals surface area contributed by atoms with Gasteiger partial charge in [-0.3, -0.25) is 4.79 Å². The average Bonchev–Trinajstić information content (AvgIpc) is 2.57. The predicted octanol–water partition coefficient (Wildman–Crippen LogP) is 2.88. The van der Waals surface area contributed by atoms with Crippen molar-refractivity contribution in [2.24, 2.45) is 5.73 Å². The molecule has 0 bridgehead atoms. The number of amides is 1. The van der Waals surface area contributed by atoms with Gasteiger partial charge in [-0.1, -0.05) is 36.4 Å². The Hall–Kier alpha value is -2.33. The number of carbonyl (C=O) groups excluding carboxylic acids is 1. The number of carbonyl (C=O) groups is 1. The van der Waals surface area contributed by atoms with Gasteiger partial charge in [0.15, 0.2) is 0 Å². The summed E-state index contributed by atoms with van der Waals surface area (Å²) in [4.78, 5) is 12.2. The Morgan fingerprint density at radius 3 is 2.61 bits per heavy atom. The van der Waals surface area contributed by atoms with Crippen LogP contribution in [0.5, 0.6) is 5.75 Å². The second-order valence-electron chi connectivity index (χ2n) is 6.20. The molecule has 0 atom stereocenters. The van der Waals surface area contributed by atoms with Crippen molar-refractivity contribution in [3.8, 4) is 5.75 Å². The Morgan fingerprint density at radius 1 is 1.13 bits per heavy atom. The average molecular weight is 310 g/mol.